The molecule has 18 heavy (non-hydrogen) atoms. The van der Waals surface area contributed by atoms with E-state index in [4.69, 9.17) is 5.11 Å². The number of aryl methyl sites for hydroxylation is 1. The van der Waals surface area contributed by atoms with Gasteiger partial charge in [0.1, 0.15) is 5.25 Å². The number of aromatic amines is 1. The lowest BCUT2D eigenvalue weighted by Crippen LogP contribution is -2.21. The number of para-hydroxylation sites is 1. The van der Waals surface area contributed by atoms with Gasteiger partial charge in [0, 0.05) is 28.7 Å². The molecule has 0 bridgehead atoms. The van der Waals surface area contributed by atoms with Crippen molar-refractivity contribution in [3.63, 3.8) is 0 Å². The summed E-state index contributed by atoms with van der Waals surface area (Å²) in [7, 11) is 0. The molecule has 0 unspecified atom stereocenters. The molecule has 0 aliphatic carbocycles. The number of carbonyl (C=O) groups is 1. The molecule has 3 rings (SSSR count). The van der Waals surface area contributed by atoms with Gasteiger partial charge in [-0.1, -0.05) is 18.2 Å². The van der Waals surface area contributed by atoms with Crippen LogP contribution in [-0.4, -0.2) is 27.9 Å². The molecule has 0 spiro atoms. The van der Waals surface area contributed by atoms with E-state index in [0.29, 0.717) is 6.54 Å². The quantitative estimate of drug-likeness (QED) is 0.776. The second-order valence-corrected chi connectivity index (χ2v) is 5.77. The number of thioether (sulfide) groups is 1. The second-order valence-electron chi connectivity index (χ2n) is 4.46. The van der Waals surface area contributed by atoms with Crippen molar-refractivity contribution >= 4 is 28.6 Å². The summed E-state index contributed by atoms with van der Waals surface area (Å²) in [5.41, 5.74) is 3.39. The fraction of sp³-hybridized carbons (Fsp3) is 0.308. The number of fused-ring (bicyclic) bond motifs is 1. The van der Waals surface area contributed by atoms with Gasteiger partial charge < -0.3 is 10.1 Å². The molecule has 1 aromatic carbocycles. The molecular weight excluding hydrogens is 248 g/mol. The second kappa shape index (κ2) is 4.33. The van der Waals surface area contributed by atoms with Gasteiger partial charge in [-0.15, -0.1) is 11.8 Å². The normalized spacial score (nSPS) is 23.6. The molecule has 5 heteroatoms. The van der Waals surface area contributed by atoms with E-state index in [1.807, 2.05) is 25.1 Å². The van der Waals surface area contributed by atoms with Crippen molar-refractivity contribution in [2.24, 2.45) is 0 Å². The van der Waals surface area contributed by atoms with Gasteiger partial charge in [-0.2, -0.15) is 0 Å². The van der Waals surface area contributed by atoms with Crippen LogP contribution in [0.2, 0.25) is 0 Å². The van der Waals surface area contributed by atoms with E-state index in [1.165, 1.54) is 22.7 Å². The highest BCUT2D eigenvalue weighted by Gasteiger charge is 2.32. The molecule has 1 saturated heterocycles. The lowest BCUT2D eigenvalue weighted by Gasteiger charge is -2.10. The first-order valence-electron chi connectivity index (χ1n) is 5.85. The van der Waals surface area contributed by atoms with Gasteiger partial charge in [0.25, 0.3) is 0 Å². The summed E-state index contributed by atoms with van der Waals surface area (Å²) in [5.74, 6) is -0.743. The SMILES string of the molecule is Cc1[nH]c2ccccc2c1[C@H]1NC[C@H](C(=O)O)S1. The maximum Gasteiger partial charge on any atom is 0.318 e. The fourth-order valence-electron chi connectivity index (χ4n) is 2.43. The van der Waals surface area contributed by atoms with Crippen LogP contribution in [0.5, 0.6) is 0 Å². The number of aliphatic carboxylic acids is 1. The molecule has 0 saturated carbocycles. The van der Waals surface area contributed by atoms with Crippen LogP contribution in [0.1, 0.15) is 16.6 Å². The number of benzene rings is 1. The number of hydrogen-bond donors (Lipinski definition) is 3. The molecule has 2 heterocycles. The number of hydrogen-bond acceptors (Lipinski definition) is 3. The average Bonchev–Trinajstić information content (AvgIpc) is 2.91. The first-order valence-corrected chi connectivity index (χ1v) is 6.80. The van der Waals surface area contributed by atoms with E-state index in [9.17, 15) is 4.79 Å². The van der Waals surface area contributed by atoms with E-state index in [0.717, 1.165) is 11.2 Å². The van der Waals surface area contributed by atoms with E-state index >= 15 is 0 Å². The Bertz CT molecular complexity index is 608. The Kier molecular flexibility index (Phi) is 2.80. The van der Waals surface area contributed by atoms with Crippen molar-refractivity contribution in [3.8, 4) is 0 Å². The highest BCUT2D eigenvalue weighted by Crippen LogP contribution is 2.39. The van der Waals surface area contributed by atoms with Crippen LogP contribution in [0.4, 0.5) is 0 Å². The molecular formula is C13H14N2O2S. The van der Waals surface area contributed by atoms with Crippen molar-refractivity contribution in [2.45, 2.75) is 17.5 Å². The molecule has 1 aliphatic rings. The topological polar surface area (TPSA) is 65.1 Å². The average molecular weight is 262 g/mol. The first kappa shape index (κ1) is 11.6. The van der Waals surface area contributed by atoms with E-state index < -0.39 is 5.97 Å². The van der Waals surface area contributed by atoms with Gasteiger partial charge in [0.2, 0.25) is 0 Å². The molecule has 4 nitrogen and oxygen atoms in total. The summed E-state index contributed by atoms with van der Waals surface area (Å²) >= 11 is 1.47. The van der Waals surface area contributed by atoms with Gasteiger partial charge in [-0.05, 0) is 13.0 Å². The Morgan fingerprint density at radius 2 is 2.22 bits per heavy atom. The molecule has 94 valence electrons. The number of carboxylic acids is 1. The van der Waals surface area contributed by atoms with Crippen LogP contribution in [0.25, 0.3) is 10.9 Å². The van der Waals surface area contributed by atoms with Crippen molar-refractivity contribution in [1.29, 1.82) is 0 Å². The van der Waals surface area contributed by atoms with Crippen LogP contribution in [0.15, 0.2) is 24.3 Å². The van der Waals surface area contributed by atoms with E-state index in [2.05, 4.69) is 16.4 Å². The van der Waals surface area contributed by atoms with Crippen LogP contribution < -0.4 is 5.32 Å². The fourth-order valence-corrected chi connectivity index (χ4v) is 3.70. The molecule has 2 atom stereocenters. The lowest BCUT2D eigenvalue weighted by molar-refractivity contribution is -0.136. The maximum atomic E-state index is 11.0. The van der Waals surface area contributed by atoms with Gasteiger partial charge >= 0.3 is 5.97 Å². The van der Waals surface area contributed by atoms with Crippen molar-refractivity contribution < 1.29 is 9.90 Å². The van der Waals surface area contributed by atoms with E-state index in [-0.39, 0.29) is 10.6 Å². The summed E-state index contributed by atoms with van der Waals surface area (Å²) in [6.45, 7) is 2.55. The smallest absolute Gasteiger partial charge is 0.318 e. The van der Waals surface area contributed by atoms with Crippen molar-refractivity contribution in [2.75, 3.05) is 6.54 Å². The summed E-state index contributed by atoms with van der Waals surface area (Å²) < 4.78 is 0. The minimum Gasteiger partial charge on any atom is -0.480 e. The number of rotatable bonds is 2. The highest BCUT2D eigenvalue weighted by atomic mass is 32.2. The summed E-state index contributed by atoms with van der Waals surface area (Å²) in [4.78, 5) is 14.3. The number of aromatic nitrogens is 1. The molecule has 1 aromatic heterocycles. The van der Waals surface area contributed by atoms with Gasteiger partial charge in [0.15, 0.2) is 0 Å². The highest BCUT2D eigenvalue weighted by molar-refractivity contribution is 8.01. The molecule has 2 aromatic rings. The van der Waals surface area contributed by atoms with Crippen LogP contribution in [0.3, 0.4) is 0 Å². The number of nitrogens with one attached hydrogen (secondary N) is 2. The minimum atomic E-state index is -0.743. The van der Waals surface area contributed by atoms with Crippen molar-refractivity contribution in [3.05, 3.63) is 35.5 Å². The molecule has 1 aliphatic heterocycles. The Morgan fingerprint density at radius 1 is 1.44 bits per heavy atom. The Morgan fingerprint density at radius 3 is 2.94 bits per heavy atom. The standard InChI is InChI=1S/C13H14N2O2S/c1-7-11(8-4-2-3-5-9(8)15-7)12-14-6-10(18-12)13(16)17/h2-5,10,12,14-15H,6H2,1H3,(H,16,17)/t10-,12+/m1/s1. The third-order valence-electron chi connectivity index (χ3n) is 3.27. The predicted molar refractivity (Wildman–Crippen MR) is 72.8 cm³/mol. The van der Waals surface area contributed by atoms with Gasteiger partial charge in [0.05, 0.1) is 5.37 Å². The van der Waals surface area contributed by atoms with Crippen LogP contribution >= 0.6 is 11.8 Å². The largest absolute Gasteiger partial charge is 0.480 e. The molecule has 0 amide bonds. The predicted octanol–water partition coefficient (Wildman–Crippen LogP) is 2.26. The summed E-state index contributed by atoms with van der Waals surface area (Å²) in [6, 6.07) is 8.12. The van der Waals surface area contributed by atoms with Crippen LogP contribution in [0, 0.1) is 6.92 Å². The number of carboxylic acid groups (broad SMARTS) is 1. The zero-order chi connectivity index (χ0) is 12.7. The monoisotopic (exact) mass is 262 g/mol. The Hall–Kier alpha value is -1.46. The Balaban J connectivity index is 2.00. The van der Waals surface area contributed by atoms with E-state index in [1.54, 1.807) is 0 Å². The third kappa shape index (κ3) is 1.79. The lowest BCUT2D eigenvalue weighted by atomic mass is 10.1. The first-order chi connectivity index (χ1) is 8.66. The third-order valence-corrected chi connectivity index (χ3v) is 4.64. The zero-order valence-electron chi connectivity index (χ0n) is 9.93. The van der Waals surface area contributed by atoms with Gasteiger partial charge in [-0.25, -0.2) is 0 Å². The Labute approximate surface area is 109 Å². The van der Waals surface area contributed by atoms with Crippen molar-refractivity contribution in [1.82, 2.24) is 10.3 Å². The molecule has 3 N–H and O–H groups in total. The zero-order valence-corrected chi connectivity index (χ0v) is 10.8. The molecule has 0 radical (unpaired) electrons. The number of H-pyrrole nitrogens is 1. The van der Waals surface area contributed by atoms with Gasteiger partial charge in [-0.3, -0.25) is 10.1 Å². The summed E-state index contributed by atoms with van der Waals surface area (Å²) in [5, 5.41) is 13.2. The minimum absolute atomic E-state index is 0.0576. The summed E-state index contributed by atoms with van der Waals surface area (Å²) in [6.07, 6.45) is 0. The van der Waals surface area contributed by atoms with Crippen LogP contribution in [-0.2, 0) is 4.79 Å². The molecule has 1 fully saturated rings. The maximum absolute atomic E-state index is 11.0.